The third-order valence-corrected chi connectivity index (χ3v) is 23.3. The van der Waals surface area contributed by atoms with Crippen molar-refractivity contribution in [1.29, 1.82) is 0 Å². The molecule has 3 saturated carbocycles. The van der Waals surface area contributed by atoms with Gasteiger partial charge in [-0.15, -0.1) is 12.4 Å². The molecular formula is C70H76Cl8F6N12O23S3. The lowest BCUT2D eigenvalue weighted by Gasteiger charge is -2.42. The Hall–Kier alpha value is -8.23. The Labute approximate surface area is 733 Å². The van der Waals surface area contributed by atoms with Crippen LogP contribution in [-0.2, 0) is 67.3 Å². The SMILES string of the molecule is C.C.C.CC1(N)CC(O)C1.CC1(NS(=O)(=O)c2cc(Oc3c(Cl)cc(N4N=C(C(F)F)C(=O)CC4=O)cc3Cl)ncc2O)CC(O)C1.COCOc1cnc(Oc2c(Cl)cc(N3N=C(C(F)F)C(=O)CC3=O)cc2Cl)cc1S(=O)(=O)Cl.COCOc1cnc(Oc2c(Cl)cc(N3N=C(C(F)F)C(=O)CC3=O)cc2Cl)cc1S(=O)(=O)NC1(C)CC(O)C1.Cl. The number of methoxy groups -OCH3 is 2. The van der Waals surface area contributed by atoms with Crippen LogP contribution in [0.3, 0.4) is 0 Å². The maximum Gasteiger partial charge on any atom is 0.285 e. The van der Waals surface area contributed by atoms with Crippen molar-refractivity contribution in [2.75, 3.05) is 42.8 Å². The van der Waals surface area contributed by atoms with Gasteiger partial charge < -0.3 is 59.3 Å². The Morgan fingerprint density at radius 2 is 0.746 bits per heavy atom. The molecule has 122 heavy (non-hydrogen) atoms. The highest BCUT2D eigenvalue weighted by Crippen LogP contribution is 2.46. The van der Waals surface area contributed by atoms with Gasteiger partial charge in [0, 0.05) is 59.7 Å². The third-order valence-electron chi connectivity index (χ3n) is 16.9. The second-order valence-corrected chi connectivity index (χ2v) is 35.2. The smallest absolute Gasteiger partial charge is 0.285 e. The van der Waals surface area contributed by atoms with Crippen molar-refractivity contribution < 1.29 is 134 Å². The summed E-state index contributed by atoms with van der Waals surface area (Å²) < 4.78 is 196. The minimum absolute atomic E-state index is 0. The molecule has 8 N–H and O–H groups in total. The second-order valence-electron chi connectivity index (χ2n) is 26.9. The summed E-state index contributed by atoms with van der Waals surface area (Å²) in [4.78, 5) is 81.9. The Morgan fingerprint density at radius 1 is 0.475 bits per heavy atom. The molecule has 3 aliphatic heterocycles. The van der Waals surface area contributed by atoms with Crippen LogP contribution in [0.2, 0.25) is 30.1 Å². The first kappa shape index (κ1) is 104. The molecule has 3 aliphatic carbocycles. The Bertz CT molecular complexity index is 5360. The maximum absolute atomic E-state index is 13.2. The number of anilines is 3. The maximum atomic E-state index is 13.2. The largest absolute Gasteiger partial charge is 0.505 e. The molecule has 3 aromatic carbocycles. The van der Waals surface area contributed by atoms with Crippen LogP contribution in [0.15, 0.2) is 103 Å². The van der Waals surface area contributed by atoms with E-state index in [-0.39, 0.29) is 184 Å². The fourth-order valence-corrected chi connectivity index (χ4v) is 17.3. The topological polar surface area (TPSA) is 486 Å². The number of rotatable bonds is 25. The van der Waals surface area contributed by atoms with Gasteiger partial charge in [0.15, 0.2) is 82.6 Å². The van der Waals surface area contributed by atoms with Gasteiger partial charge in [-0.1, -0.05) is 91.9 Å². The van der Waals surface area contributed by atoms with Gasteiger partial charge in [0.25, 0.3) is 46.0 Å². The van der Waals surface area contributed by atoms with Crippen molar-refractivity contribution in [3.8, 4) is 52.1 Å². The summed E-state index contributed by atoms with van der Waals surface area (Å²) >= 11 is 37.4. The molecule has 0 saturated heterocycles. The number of carbonyl (C=O) groups is 6. The number of benzene rings is 3. The van der Waals surface area contributed by atoms with Gasteiger partial charge in [-0.3, -0.25) is 28.8 Å². The van der Waals surface area contributed by atoms with Crippen LogP contribution in [0.4, 0.5) is 43.4 Å². The lowest BCUT2D eigenvalue weighted by molar-refractivity contribution is -0.126. The van der Waals surface area contributed by atoms with Gasteiger partial charge in [-0.25, -0.2) is 76.0 Å². The zero-order chi connectivity index (χ0) is 87.4. The summed E-state index contributed by atoms with van der Waals surface area (Å²) in [6, 6.07) is 9.70. The molecule has 3 amide bonds. The zero-order valence-electron chi connectivity index (χ0n) is 61.4. The molecule has 6 aliphatic rings. The monoisotopic (exact) mass is 1940 g/mol. The second kappa shape index (κ2) is 42.2. The van der Waals surface area contributed by atoms with E-state index in [2.05, 4.69) is 39.7 Å². The van der Waals surface area contributed by atoms with Crippen molar-refractivity contribution in [3.63, 3.8) is 0 Å². The number of hydrogen-bond acceptors (Lipinski definition) is 30. The van der Waals surface area contributed by atoms with E-state index < -0.39 is 159 Å². The highest BCUT2D eigenvalue weighted by atomic mass is 35.7. The molecule has 0 atom stereocenters. The van der Waals surface area contributed by atoms with Crippen LogP contribution in [0.25, 0.3) is 0 Å². The van der Waals surface area contributed by atoms with Crippen molar-refractivity contribution >= 4 is 191 Å². The molecule has 3 aromatic heterocycles. The van der Waals surface area contributed by atoms with E-state index in [1.807, 2.05) is 6.92 Å². The number of sulfonamides is 2. The van der Waals surface area contributed by atoms with Crippen LogP contribution < -0.4 is 53.9 Å². The number of hydrogen-bond donors (Lipinski definition) is 7. The van der Waals surface area contributed by atoms with Gasteiger partial charge >= 0.3 is 0 Å². The number of Topliss-reactive ketones (excluding diaryl/α,β-unsaturated/α-hetero) is 3. The van der Waals surface area contributed by atoms with E-state index in [4.69, 9.17) is 124 Å². The van der Waals surface area contributed by atoms with Crippen LogP contribution in [0, 0.1) is 0 Å². The van der Waals surface area contributed by atoms with Gasteiger partial charge in [-0.05, 0) is 95.7 Å². The molecule has 35 nitrogen and oxygen atoms in total. The average molecular weight is 1950 g/mol. The molecule has 0 bridgehead atoms. The molecule has 6 aromatic rings. The molecule has 0 unspecified atom stereocenters. The molecule has 3 fully saturated rings. The van der Waals surface area contributed by atoms with E-state index in [9.17, 15) is 95.7 Å². The van der Waals surface area contributed by atoms with Gasteiger partial charge in [0.05, 0.1) is 103 Å². The minimum atomic E-state index is -4.29. The number of pyridine rings is 3. The normalized spacial score (nSPS) is 20.7. The average Bonchev–Trinajstić information content (AvgIpc) is 0.767. The summed E-state index contributed by atoms with van der Waals surface area (Å²) in [7, 11) is -4.66. The molecule has 12 rings (SSSR count). The number of ketones is 3. The number of aromatic hydroxyl groups is 1. The number of hydrazone groups is 3. The van der Waals surface area contributed by atoms with Crippen molar-refractivity contribution in [1.82, 2.24) is 24.4 Å². The molecule has 0 radical (unpaired) electrons. The quantitative estimate of drug-likeness (QED) is 0.0121. The summed E-state index contributed by atoms with van der Waals surface area (Å²) in [5.74, 6) is -8.47. The summed E-state index contributed by atoms with van der Waals surface area (Å²) in [5.41, 5.74) is 0.106. The van der Waals surface area contributed by atoms with Crippen LogP contribution in [0.5, 0.6) is 52.1 Å². The van der Waals surface area contributed by atoms with E-state index in [0.717, 1.165) is 86.0 Å². The first-order valence-electron chi connectivity index (χ1n) is 33.4. The Kier molecular flexibility index (Phi) is 36.1. The highest BCUT2D eigenvalue weighted by Gasteiger charge is 2.46. The molecule has 52 heteroatoms. The number of alkyl halides is 6. The number of carbonyl (C=O) groups excluding carboxylic acids is 6. The number of nitrogens with one attached hydrogen (secondary N) is 2. The van der Waals surface area contributed by atoms with E-state index in [1.165, 1.54) is 14.2 Å². The predicted octanol–water partition coefficient (Wildman–Crippen LogP) is 12.5. The number of aliphatic hydroxyl groups is 3. The van der Waals surface area contributed by atoms with E-state index in [1.54, 1.807) is 13.8 Å². The van der Waals surface area contributed by atoms with Crippen molar-refractivity contribution in [2.24, 2.45) is 21.0 Å². The van der Waals surface area contributed by atoms with Crippen LogP contribution in [-0.4, -0.2) is 195 Å². The van der Waals surface area contributed by atoms with E-state index >= 15 is 0 Å². The first-order valence-corrected chi connectivity index (χ1v) is 41.0. The fraction of sp³-hybridized carbons (Fsp3) is 0.400. The molecule has 670 valence electrons. The molecule has 6 heterocycles. The van der Waals surface area contributed by atoms with Crippen LogP contribution in [0.1, 0.15) is 101 Å². The third kappa shape index (κ3) is 25.8. The lowest BCUT2D eigenvalue weighted by atomic mass is 9.77. The number of amides is 3. The number of aromatic nitrogens is 3. The summed E-state index contributed by atoms with van der Waals surface area (Å²) in [6.45, 7) is 4.64. The van der Waals surface area contributed by atoms with Crippen LogP contribution >= 0.6 is 92.7 Å². The molecule has 0 spiro atoms. The first-order chi connectivity index (χ1) is 54.9. The van der Waals surface area contributed by atoms with Crippen molar-refractivity contribution in [3.05, 3.63) is 103 Å². The summed E-state index contributed by atoms with van der Waals surface area (Å²) in [5, 5.41) is 48.7. The minimum Gasteiger partial charge on any atom is -0.505 e. The number of aliphatic hydroxyl groups excluding tert-OH is 3. The Balaban J connectivity index is 0.000000308. The standard InChI is InChI=1S/C23H22Cl2F2N4O8S.C21H18Cl2F2N4O7S.C18H12Cl3F2N3O7S.C5H11NO.3CH4.ClH/c1-23(7-12(32)8-23)30-40(35,36)17-6-18(28-9-16(17)38-10-37-2)39-21-13(24)3-11(4-14(21)25)31-19(34)5-15(33)20(29-31)22(26)27;1-21(6-10(30)7-21)28-37(34,35)15-5-16(26-8-14(15)32)36-19-11(22)2-9(3-12(19)23)29-17(33)4-13(31)18(27-29)20(24)25;1-31-7-32-12-6-24-14(5-13(12)34(21,29)30)33-17-9(19)2-8(3-10(17)20)26-15(28)4-11(27)16(25-26)18(22)23;1-5(6)2-4(7)3-5;;;;/h3-4,6,9,12,22,30,32H,5,7-8,10H2,1-2H3;2-3,5,8,10,20,28,30,32H,4,6-7H2,1H3;2-3,5-6,18H,4,7H2,1H3;4,7H,2-3,6H2,1H3;3*1H4;1H. The lowest BCUT2D eigenvalue weighted by Crippen LogP contribution is -2.57. The molecular weight excluding hydrogens is 1870 g/mol. The zero-order valence-corrected chi connectivity index (χ0v) is 69.9. The predicted molar refractivity (Wildman–Crippen MR) is 437 cm³/mol. The number of halogens is 14. The Morgan fingerprint density at radius 3 is 1.01 bits per heavy atom. The van der Waals surface area contributed by atoms with Gasteiger partial charge in [0.1, 0.15) is 14.7 Å². The van der Waals surface area contributed by atoms with Crippen molar-refractivity contribution in [2.45, 2.75) is 170 Å². The number of nitrogens with two attached hydrogens (primary N) is 1. The van der Waals surface area contributed by atoms with Gasteiger partial charge in [0.2, 0.25) is 37.7 Å². The summed E-state index contributed by atoms with van der Waals surface area (Å²) in [6.07, 6.45) is -8.14. The fourth-order valence-electron chi connectivity index (χ4n) is 11.7. The van der Waals surface area contributed by atoms with Gasteiger partial charge in [-0.2, -0.15) is 30.3 Å². The highest BCUT2D eigenvalue weighted by molar-refractivity contribution is 8.13. The van der Waals surface area contributed by atoms with E-state index in [0.29, 0.717) is 15.0 Å². The number of ether oxygens (including phenoxy) is 7. The number of nitrogens with zero attached hydrogens (tertiary/aromatic N) is 9.